The van der Waals surface area contributed by atoms with E-state index in [9.17, 15) is 4.79 Å². The van der Waals surface area contributed by atoms with Gasteiger partial charge in [0.1, 0.15) is 0 Å². The molecule has 1 aromatic rings. The number of hydrogen-bond donors (Lipinski definition) is 0. The Labute approximate surface area is 113 Å². The van der Waals surface area contributed by atoms with Crippen LogP contribution in [0.1, 0.15) is 25.0 Å². The minimum atomic E-state index is -0.403. The van der Waals surface area contributed by atoms with Gasteiger partial charge in [0.05, 0.1) is 12.3 Å². The van der Waals surface area contributed by atoms with Crippen molar-refractivity contribution >= 4 is 17.9 Å². The number of hydrogen-bond acceptors (Lipinski definition) is 3. The Bertz CT molecular complexity index is 496. The summed E-state index contributed by atoms with van der Waals surface area (Å²) in [6.07, 6.45) is 3.08. The van der Waals surface area contributed by atoms with Crippen molar-refractivity contribution in [3.63, 3.8) is 0 Å². The molecule has 102 valence electrons. The molecule has 0 fully saturated rings. The molecule has 4 nitrogen and oxygen atoms in total. The third-order valence-electron chi connectivity index (χ3n) is 2.94. The minimum absolute atomic E-state index is 0.346. The summed E-state index contributed by atoms with van der Waals surface area (Å²) >= 11 is 0. The summed E-state index contributed by atoms with van der Waals surface area (Å²) < 4.78 is 10.7. The fourth-order valence-corrected chi connectivity index (χ4v) is 2.13. The molecule has 1 atom stereocenters. The first-order valence-corrected chi connectivity index (χ1v) is 6.53. The van der Waals surface area contributed by atoms with Crippen LogP contribution in [0.25, 0.3) is 6.08 Å². The van der Waals surface area contributed by atoms with Gasteiger partial charge in [-0.05, 0) is 44.5 Å². The lowest BCUT2D eigenvalue weighted by Crippen LogP contribution is -2.43. The zero-order valence-corrected chi connectivity index (χ0v) is 11.6. The molecule has 1 amide bonds. The van der Waals surface area contributed by atoms with Gasteiger partial charge in [0.2, 0.25) is 0 Å². The Morgan fingerprint density at radius 3 is 2.79 bits per heavy atom. The van der Waals surface area contributed by atoms with E-state index >= 15 is 0 Å². The highest BCUT2D eigenvalue weighted by atomic mass is 16.6. The number of fused-ring (bicyclic) bond motifs is 1. The molecule has 0 spiro atoms. The van der Waals surface area contributed by atoms with Crippen molar-refractivity contribution in [2.24, 2.45) is 0 Å². The normalized spacial score (nSPS) is 17.2. The Kier molecular flexibility index (Phi) is 4.22. The third kappa shape index (κ3) is 2.79. The van der Waals surface area contributed by atoms with Gasteiger partial charge in [-0.3, -0.25) is 0 Å². The van der Waals surface area contributed by atoms with E-state index in [4.69, 9.17) is 9.47 Å². The molecule has 1 aromatic carbocycles. The van der Waals surface area contributed by atoms with Gasteiger partial charge >= 0.3 is 6.09 Å². The van der Waals surface area contributed by atoms with E-state index in [1.165, 1.54) is 0 Å². The highest BCUT2D eigenvalue weighted by Crippen LogP contribution is 2.30. The van der Waals surface area contributed by atoms with Crippen molar-refractivity contribution in [3.05, 3.63) is 35.4 Å². The number of amides is 1. The summed E-state index contributed by atoms with van der Waals surface area (Å²) in [4.78, 5) is 13.7. The minimum Gasteiger partial charge on any atom is -0.449 e. The topological polar surface area (TPSA) is 38.8 Å². The summed E-state index contributed by atoms with van der Waals surface area (Å²) in [6.45, 7) is 6.61. The number of aryl methyl sites for hydroxylation is 1. The van der Waals surface area contributed by atoms with Crippen LogP contribution in [0.15, 0.2) is 24.3 Å². The van der Waals surface area contributed by atoms with Gasteiger partial charge in [-0.1, -0.05) is 17.7 Å². The molecule has 0 saturated heterocycles. The number of ether oxygens (including phenoxy) is 2. The summed E-state index contributed by atoms with van der Waals surface area (Å²) in [5.41, 5.74) is 2.98. The van der Waals surface area contributed by atoms with Crippen LogP contribution in [-0.4, -0.2) is 25.5 Å². The van der Waals surface area contributed by atoms with E-state index in [2.05, 4.69) is 0 Å². The Hall–Kier alpha value is -1.81. The van der Waals surface area contributed by atoms with E-state index in [1.807, 2.05) is 44.2 Å². The maximum Gasteiger partial charge on any atom is 0.416 e. The van der Waals surface area contributed by atoms with Crippen LogP contribution < -0.4 is 4.90 Å². The Balaban J connectivity index is 2.39. The second-order valence-corrected chi connectivity index (χ2v) is 4.34. The number of rotatable bonds is 3. The fourth-order valence-electron chi connectivity index (χ4n) is 2.13. The van der Waals surface area contributed by atoms with Gasteiger partial charge in [-0.25, -0.2) is 9.69 Å². The van der Waals surface area contributed by atoms with Crippen molar-refractivity contribution < 1.29 is 14.3 Å². The van der Waals surface area contributed by atoms with Gasteiger partial charge in [-0.15, -0.1) is 0 Å². The van der Waals surface area contributed by atoms with Crippen LogP contribution in [-0.2, 0) is 9.47 Å². The average molecular weight is 261 g/mol. The lowest BCUT2D eigenvalue weighted by molar-refractivity contribution is 0.0830. The highest BCUT2D eigenvalue weighted by molar-refractivity contribution is 5.93. The molecule has 0 bridgehead atoms. The van der Waals surface area contributed by atoms with Crippen LogP contribution in [0.4, 0.5) is 10.5 Å². The lowest BCUT2D eigenvalue weighted by Gasteiger charge is -2.32. The molecule has 0 N–H and O–H groups in total. The summed E-state index contributed by atoms with van der Waals surface area (Å²) in [5.74, 6) is 0. The van der Waals surface area contributed by atoms with Crippen LogP contribution in [0.3, 0.4) is 0 Å². The monoisotopic (exact) mass is 261 g/mol. The van der Waals surface area contributed by atoms with Gasteiger partial charge in [0, 0.05) is 6.61 Å². The lowest BCUT2D eigenvalue weighted by atomic mass is 10.0. The van der Waals surface area contributed by atoms with Gasteiger partial charge in [0.25, 0.3) is 0 Å². The van der Waals surface area contributed by atoms with Crippen LogP contribution in [0, 0.1) is 6.92 Å². The van der Waals surface area contributed by atoms with Gasteiger partial charge in [-0.2, -0.15) is 0 Å². The summed E-state index contributed by atoms with van der Waals surface area (Å²) in [7, 11) is 0. The molecule has 1 unspecified atom stereocenters. The molecule has 1 aliphatic heterocycles. The number of carbonyl (C=O) groups excluding carboxylic acids is 1. The van der Waals surface area contributed by atoms with E-state index < -0.39 is 6.23 Å². The third-order valence-corrected chi connectivity index (χ3v) is 2.94. The first-order chi connectivity index (χ1) is 9.17. The van der Waals surface area contributed by atoms with Crippen LogP contribution in [0.5, 0.6) is 0 Å². The molecule has 0 aliphatic carbocycles. The summed E-state index contributed by atoms with van der Waals surface area (Å²) in [6, 6.07) is 5.95. The first kappa shape index (κ1) is 13.6. The van der Waals surface area contributed by atoms with Crippen LogP contribution in [0.2, 0.25) is 0 Å². The molecule has 19 heavy (non-hydrogen) atoms. The number of benzene rings is 1. The predicted octanol–water partition coefficient (Wildman–Crippen LogP) is 3.35. The van der Waals surface area contributed by atoms with E-state index in [0.717, 1.165) is 16.8 Å². The quantitative estimate of drug-likeness (QED) is 0.837. The Morgan fingerprint density at radius 2 is 2.11 bits per heavy atom. The van der Waals surface area contributed by atoms with Gasteiger partial charge < -0.3 is 9.47 Å². The number of carbonyl (C=O) groups is 1. The van der Waals surface area contributed by atoms with E-state index in [0.29, 0.717) is 13.2 Å². The van der Waals surface area contributed by atoms with Crippen molar-refractivity contribution in [1.29, 1.82) is 0 Å². The molecule has 4 heteroatoms. The molecule has 1 aliphatic rings. The largest absolute Gasteiger partial charge is 0.449 e. The molecular weight excluding hydrogens is 242 g/mol. The van der Waals surface area contributed by atoms with E-state index in [-0.39, 0.29) is 6.09 Å². The summed E-state index contributed by atoms with van der Waals surface area (Å²) in [5, 5.41) is 0. The smallest absolute Gasteiger partial charge is 0.416 e. The highest BCUT2D eigenvalue weighted by Gasteiger charge is 2.29. The standard InChI is InChI=1S/C15H19NO3/c1-4-18-14-9-7-12-10-11(3)6-8-13(12)16(14)15(17)19-5-2/h6-10,14H,4-5H2,1-3H3. The first-order valence-electron chi connectivity index (χ1n) is 6.53. The van der Waals surface area contributed by atoms with E-state index in [1.54, 1.807) is 11.8 Å². The molecular formula is C15H19NO3. The molecule has 0 saturated carbocycles. The maximum absolute atomic E-state index is 12.1. The maximum atomic E-state index is 12.1. The number of nitrogens with zero attached hydrogens (tertiary/aromatic N) is 1. The second kappa shape index (κ2) is 5.89. The molecule has 0 radical (unpaired) electrons. The van der Waals surface area contributed by atoms with Crippen molar-refractivity contribution in [3.8, 4) is 0 Å². The van der Waals surface area contributed by atoms with Crippen LogP contribution >= 0.6 is 0 Å². The van der Waals surface area contributed by atoms with Crippen molar-refractivity contribution in [2.45, 2.75) is 27.0 Å². The average Bonchev–Trinajstić information content (AvgIpc) is 2.39. The molecule has 0 aromatic heterocycles. The van der Waals surface area contributed by atoms with Gasteiger partial charge in [0.15, 0.2) is 6.23 Å². The molecule has 1 heterocycles. The zero-order chi connectivity index (χ0) is 13.8. The SMILES string of the molecule is CCOC(=O)N1c2ccc(C)cc2C=CC1OCC. The number of anilines is 1. The second-order valence-electron chi connectivity index (χ2n) is 4.34. The predicted molar refractivity (Wildman–Crippen MR) is 75.1 cm³/mol. The zero-order valence-electron chi connectivity index (χ0n) is 11.6. The molecule has 2 rings (SSSR count). The Morgan fingerprint density at radius 1 is 1.32 bits per heavy atom. The fraction of sp³-hybridized carbons (Fsp3) is 0.400. The van der Waals surface area contributed by atoms with Crippen molar-refractivity contribution in [1.82, 2.24) is 0 Å². The van der Waals surface area contributed by atoms with Crippen molar-refractivity contribution in [2.75, 3.05) is 18.1 Å².